The Balaban J connectivity index is 1.87. The van der Waals surface area contributed by atoms with E-state index in [2.05, 4.69) is 11.8 Å². The van der Waals surface area contributed by atoms with Crippen LogP contribution in [0.4, 0.5) is 5.69 Å². The number of carboxylic acids is 1. The normalized spacial score (nSPS) is 20.4. The quantitative estimate of drug-likeness (QED) is 0.817. The van der Waals surface area contributed by atoms with Gasteiger partial charge in [0.05, 0.1) is 5.56 Å². The van der Waals surface area contributed by atoms with Crippen molar-refractivity contribution in [2.45, 2.75) is 25.7 Å². The topological polar surface area (TPSA) is 40.5 Å². The Morgan fingerprint density at radius 1 is 1.17 bits per heavy atom. The Morgan fingerprint density at radius 3 is 2.42 bits per heavy atom. The van der Waals surface area contributed by atoms with Crippen molar-refractivity contribution in [3.63, 3.8) is 0 Å². The van der Waals surface area contributed by atoms with Crippen molar-refractivity contribution in [3.05, 3.63) is 63.1 Å². The first-order valence-corrected chi connectivity index (χ1v) is 8.59. The van der Waals surface area contributed by atoms with E-state index in [1.807, 2.05) is 31.2 Å². The second-order valence-electron chi connectivity index (χ2n) is 6.69. The number of anilines is 1. The molecule has 2 aromatic rings. The molecule has 0 spiro atoms. The van der Waals surface area contributed by atoms with E-state index in [1.165, 1.54) is 0 Å². The predicted molar refractivity (Wildman–Crippen MR) is 98.8 cm³/mol. The van der Waals surface area contributed by atoms with E-state index in [1.54, 1.807) is 12.1 Å². The molecule has 1 fully saturated rings. The summed E-state index contributed by atoms with van der Waals surface area (Å²) in [5.74, 6) is -0.890. The van der Waals surface area contributed by atoms with Crippen LogP contribution in [-0.2, 0) is 5.41 Å². The molecule has 0 aromatic heterocycles. The molecule has 126 valence electrons. The zero-order valence-electron chi connectivity index (χ0n) is 13.6. The molecule has 0 saturated carbocycles. The van der Waals surface area contributed by atoms with Crippen LogP contribution in [0.25, 0.3) is 0 Å². The highest BCUT2D eigenvalue weighted by molar-refractivity contribution is 6.34. The van der Waals surface area contributed by atoms with E-state index in [9.17, 15) is 4.79 Å². The minimum Gasteiger partial charge on any atom is -0.478 e. The number of benzene rings is 2. The zero-order chi connectivity index (χ0) is 17.5. The molecule has 0 aliphatic carbocycles. The van der Waals surface area contributed by atoms with Crippen LogP contribution in [0.3, 0.4) is 0 Å². The highest BCUT2D eigenvalue weighted by Gasteiger charge is 2.36. The summed E-state index contributed by atoms with van der Waals surface area (Å²) in [5.41, 5.74) is 3.28. The van der Waals surface area contributed by atoms with Gasteiger partial charge >= 0.3 is 5.97 Å². The number of halogens is 2. The second-order valence-corrected chi connectivity index (χ2v) is 7.57. The largest absolute Gasteiger partial charge is 0.478 e. The van der Waals surface area contributed by atoms with Gasteiger partial charge in [0.15, 0.2) is 0 Å². The highest BCUT2D eigenvalue weighted by atomic mass is 35.5. The van der Waals surface area contributed by atoms with Gasteiger partial charge in [-0.3, -0.25) is 0 Å². The number of hydrogen-bond donors (Lipinski definition) is 1. The monoisotopic (exact) mass is 363 g/mol. The maximum absolute atomic E-state index is 11.2. The third kappa shape index (κ3) is 3.24. The van der Waals surface area contributed by atoms with Gasteiger partial charge in [-0.1, -0.05) is 30.1 Å². The Morgan fingerprint density at radius 2 is 1.83 bits per heavy atom. The van der Waals surface area contributed by atoms with E-state index in [4.69, 9.17) is 28.3 Å². The minimum atomic E-state index is -0.890. The van der Waals surface area contributed by atoms with Crippen LogP contribution in [-0.4, -0.2) is 24.2 Å². The average molecular weight is 364 g/mol. The smallest absolute Gasteiger partial charge is 0.335 e. The first-order chi connectivity index (χ1) is 11.3. The average Bonchev–Trinajstić information content (AvgIpc) is 2.90. The van der Waals surface area contributed by atoms with E-state index in [0.29, 0.717) is 15.6 Å². The number of rotatable bonds is 3. The first kappa shape index (κ1) is 17.1. The molecule has 3 rings (SSSR count). The van der Waals surface area contributed by atoms with Crippen LogP contribution < -0.4 is 4.90 Å². The molecule has 0 bridgehead atoms. The lowest BCUT2D eigenvalue weighted by Crippen LogP contribution is -2.28. The van der Waals surface area contributed by atoms with Gasteiger partial charge in [0.25, 0.3) is 0 Å². The SMILES string of the molecule is Cc1cc(N2CCC(C)(c3cc(Cl)cc(Cl)c3)C2)ccc1C(=O)O. The molecular formula is C19H19Cl2NO2. The molecule has 1 N–H and O–H groups in total. The Hall–Kier alpha value is -1.71. The molecule has 5 heteroatoms. The Labute approximate surface area is 151 Å². The summed E-state index contributed by atoms with van der Waals surface area (Å²) in [6.45, 7) is 5.80. The van der Waals surface area contributed by atoms with Gasteiger partial charge in [0.1, 0.15) is 0 Å². The molecule has 1 atom stereocenters. The van der Waals surface area contributed by atoms with Crippen molar-refractivity contribution in [1.29, 1.82) is 0 Å². The van der Waals surface area contributed by atoms with Gasteiger partial charge in [0.2, 0.25) is 0 Å². The van der Waals surface area contributed by atoms with Gasteiger partial charge in [0, 0.05) is 34.2 Å². The van der Waals surface area contributed by atoms with Crippen molar-refractivity contribution >= 4 is 34.9 Å². The Bertz CT molecular complexity index is 786. The van der Waals surface area contributed by atoms with Gasteiger partial charge in [-0.05, 0) is 60.9 Å². The summed E-state index contributed by atoms with van der Waals surface area (Å²) in [4.78, 5) is 13.5. The third-order valence-corrected chi connectivity index (χ3v) is 5.27. The molecule has 1 unspecified atom stereocenters. The van der Waals surface area contributed by atoms with Crippen LogP contribution in [0.5, 0.6) is 0 Å². The van der Waals surface area contributed by atoms with Crippen LogP contribution in [0.1, 0.15) is 34.8 Å². The molecule has 2 aromatic carbocycles. The van der Waals surface area contributed by atoms with Crippen LogP contribution in [0.15, 0.2) is 36.4 Å². The lowest BCUT2D eigenvalue weighted by molar-refractivity contribution is 0.0696. The molecule has 1 aliphatic rings. The molecular weight excluding hydrogens is 345 g/mol. The van der Waals surface area contributed by atoms with E-state index >= 15 is 0 Å². The number of aryl methyl sites for hydroxylation is 1. The number of carbonyl (C=O) groups is 1. The Kier molecular flexibility index (Phi) is 4.50. The first-order valence-electron chi connectivity index (χ1n) is 7.84. The maximum Gasteiger partial charge on any atom is 0.335 e. The standard InChI is InChI=1S/C19H19Cl2NO2/c1-12-7-16(3-4-17(12)18(23)24)22-6-5-19(2,11-22)13-8-14(20)10-15(21)9-13/h3-4,7-10H,5-6,11H2,1-2H3,(H,23,24). The fourth-order valence-electron chi connectivity index (χ4n) is 3.40. The fraction of sp³-hybridized carbons (Fsp3) is 0.316. The van der Waals surface area contributed by atoms with Crippen molar-refractivity contribution in [3.8, 4) is 0 Å². The molecule has 24 heavy (non-hydrogen) atoms. The van der Waals surface area contributed by atoms with Gasteiger partial charge in [-0.2, -0.15) is 0 Å². The van der Waals surface area contributed by atoms with E-state index in [0.717, 1.165) is 36.3 Å². The predicted octanol–water partition coefficient (Wildman–Crippen LogP) is 5.17. The number of hydrogen-bond acceptors (Lipinski definition) is 2. The maximum atomic E-state index is 11.2. The van der Waals surface area contributed by atoms with Crippen molar-refractivity contribution in [2.75, 3.05) is 18.0 Å². The molecule has 0 amide bonds. The second kappa shape index (κ2) is 6.30. The number of nitrogens with zero attached hydrogens (tertiary/aromatic N) is 1. The summed E-state index contributed by atoms with van der Waals surface area (Å²) >= 11 is 12.3. The molecule has 3 nitrogen and oxygen atoms in total. The molecule has 1 aliphatic heterocycles. The lowest BCUT2D eigenvalue weighted by Gasteiger charge is -2.27. The lowest BCUT2D eigenvalue weighted by atomic mass is 9.82. The van der Waals surface area contributed by atoms with Gasteiger partial charge in [-0.25, -0.2) is 4.79 Å². The van der Waals surface area contributed by atoms with E-state index < -0.39 is 5.97 Å². The summed E-state index contributed by atoms with van der Waals surface area (Å²) in [6, 6.07) is 11.2. The van der Waals surface area contributed by atoms with Crippen LogP contribution >= 0.6 is 23.2 Å². The summed E-state index contributed by atoms with van der Waals surface area (Å²) in [7, 11) is 0. The fourth-order valence-corrected chi connectivity index (χ4v) is 3.93. The molecule has 0 radical (unpaired) electrons. The van der Waals surface area contributed by atoms with Crippen molar-refractivity contribution in [1.82, 2.24) is 0 Å². The zero-order valence-corrected chi connectivity index (χ0v) is 15.2. The third-order valence-electron chi connectivity index (χ3n) is 4.84. The molecule has 1 heterocycles. The minimum absolute atomic E-state index is 0.0338. The summed E-state index contributed by atoms with van der Waals surface area (Å²) in [6.07, 6.45) is 0.989. The summed E-state index contributed by atoms with van der Waals surface area (Å²) in [5, 5.41) is 10.5. The highest BCUT2D eigenvalue weighted by Crippen LogP contribution is 2.38. The van der Waals surface area contributed by atoms with Crippen molar-refractivity contribution in [2.24, 2.45) is 0 Å². The van der Waals surface area contributed by atoms with Crippen LogP contribution in [0.2, 0.25) is 10.0 Å². The van der Waals surface area contributed by atoms with Crippen molar-refractivity contribution < 1.29 is 9.90 Å². The number of carboxylic acid groups (broad SMARTS) is 1. The van der Waals surface area contributed by atoms with Crippen LogP contribution in [0, 0.1) is 6.92 Å². The van der Waals surface area contributed by atoms with Gasteiger partial charge in [-0.15, -0.1) is 0 Å². The van der Waals surface area contributed by atoms with E-state index in [-0.39, 0.29) is 5.41 Å². The summed E-state index contributed by atoms with van der Waals surface area (Å²) < 4.78 is 0. The molecule has 1 saturated heterocycles. The van der Waals surface area contributed by atoms with Gasteiger partial charge < -0.3 is 10.0 Å². The number of aromatic carboxylic acids is 1.